The van der Waals surface area contributed by atoms with Crippen LogP contribution in [0.25, 0.3) is 0 Å². The highest BCUT2D eigenvalue weighted by Crippen LogP contribution is 2.14. The van der Waals surface area contributed by atoms with Gasteiger partial charge in [-0.25, -0.2) is 4.79 Å². The van der Waals surface area contributed by atoms with Gasteiger partial charge in [-0.3, -0.25) is 0 Å². The maximum absolute atomic E-state index is 12.2. The summed E-state index contributed by atoms with van der Waals surface area (Å²) in [6.07, 6.45) is 3.94. The van der Waals surface area contributed by atoms with Crippen LogP contribution in [-0.2, 0) is 16.0 Å². The first kappa shape index (κ1) is 18.4. The molecule has 2 rings (SSSR count). The standard InChI is InChI=1S/C18H24N2O3S/c1-13-16(15(12-21)20-18(24)19-13)17(22)23-11-7-3-6-10-14-8-4-2-5-9-14/h2,4-5,8-9,15,21H,3,6-7,10-12H2,1H3,(H2,19,20,24). The molecular formula is C18H24N2O3S. The van der Waals surface area contributed by atoms with Gasteiger partial charge in [-0.2, -0.15) is 0 Å². The average molecular weight is 348 g/mol. The molecule has 0 amide bonds. The molecule has 0 radical (unpaired) electrons. The number of allylic oxidation sites excluding steroid dienone is 1. The highest BCUT2D eigenvalue weighted by molar-refractivity contribution is 7.80. The van der Waals surface area contributed by atoms with Gasteiger partial charge in [0, 0.05) is 5.70 Å². The van der Waals surface area contributed by atoms with Crippen molar-refractivity contribution in [2.45, 2.75) is 38.6 Å². The lowest BCUT2D eigenvalue weighted by molar-refractivity contribution is -0.139. The third-order valence-electron chi connectivity index (χ3n) is 3.95. The number of thiocarbonyl (C=S) groups is 1. The Morgan fingerprint density at radius 1 is 1.25 bits per heavy atom. The van der Waals surface area contributed by atoms with Gasteiger partial charge in [0.25, 0.3) is 0 Å². The largest absolute Gasteiger partial charge is 0.462 e. The number of aliphatic hydroxyl groups excluding tert-OH is 1. The van der Waals surface area contributed by atoms with Crippen LogP contribution in [0.4, 0.5) is 0 Å². The number of esters is 1. The molecular weight excluding hydrogens is 324 g/mol. The second-order valence-electron chi connectivity index (χ2n) is 5.80. The Hall–Kier alpha value is -1.92. The van der Waals surface area contributed by atoms with E-state index in [4.69, 9.17) is 17.0 Å². The molecule has 0 aliphatic carbocycles. The second-order valence-corrected chi connectivity index (χ2v) is 6.21. The molecule has 5 nitrogen and oxygen atoms in total. The molecule has 0 spiro atoms. The van der Waals surface area contributed by atoms with E-state index in [0.29, 0.717) is 23.0 Å². The van der Waals surface area contributed by atoms with E-state index >= 15 is 0 Å². The summed E-state index contributed by atoms with van der Waals surface area (Å²) in [5, 5.41) is 15.6. The van der Waals surface area contributed by atoms with Crippen molar-refractivity contribution < 1.29 is 14.6 Å². The van der Waals surface area contributed by atoms with E-state index in [1.807, 2.05) is 18.2 Å². The van der Waals surface area contributed by atoms with Gasteiger partial charge in [-0.1, -0.05) is 30.3 Å². The number of unbranched alkanes of at least 4 members (excludes halogenated alkanes) is 2. The van der Waals surface area contributed by atoms with Crippen LogP contribution >= 0.6 is 12.2 Å². The molecule has 0 saturated heterocycles. The maximum Gasteiger partial charge on any atom is 0.337 e. The zero-order chi connectivity index (χ0) is 17.4. The third kappa shape index (κ3) is 5.32. The molecule has 1 aromatic rings. The fourth-order valence-corrected chi connectivity index (χ4v) is 2.99. The molecule has 1 atom stereocenters. The van der Waals surface area contributed by atoms with E-state index in [2.05, 4.69) is 22.8 Å². The Balaban J connectivity index is 1.71. The van der Waals surface area contributed by atoms with Crippen molar-refractivity contribution in [2.24, 2.45) is 0 Å². The Labute approximate surface area is 148 Å². The lowest BCUT2D eigenvalue weighted by atomic mass is 10.0. The predicted molar refractivity (Wildman–Crippen MR) is 97.4 cm³/mol. The van der Waals surface area contributed by atoms with Crippen molar-refractivity contribution in [1.82, 2.24) is 10.6 Å². The number of carbonyl (C=O) groups excluding carboxylic acids is 1. The molecule has 1 aromatic carbocycles. The maximum atomic E-state index is 12.2. The van der Waals surface area contributed by atoms with E-state index in [1.165, 1.54) is 5.56 Å². The van der Waals surface area contributed by atoms with Crippen LogP contribution < -0.4 is 10.6 Å². The molecule has 1 unspecified atom stereocenters. The molecule has 1 heterocycles. The molecule has 0 saturated carbocycles. The summed E-state index contributed by atoms with van der Waals surface area (Å²) >= 11 is 5.02. The van der Waals surface area contributed by atoms with E-state index < -0.39 is 12.0 Å². The van der Waals surface area contributed by atoms with Crippen LogP contribution in [-0.4, -0.2) is 35.4 Å². The van der Waals surface area contributed by atoms with Gasteiger partial charge < -0.3 is 20.5 Å². The second kappa shape index (κ2) is 9.39. The Morgan fingerprint density at radius 3 is 2.71 bits per heavy atom. The fraction of sp³-hybridized carbons (Fsp3) is 0.444. The molecule has 0 aromatic heterocycles. The number of benzene rings is 1. The molecule has 130 valence electrons. The van der Waals surface area contributed by atoms with E-state index in [-0.39, 0.29) is 6.61 Å². The number of hydrogen-bond acceptors (Lipinski definition) is 4. The summed E-state index contributed by atoms with van der Waals surface area (Å²) in [5.74, 6) is -0.405. The Morgan fingerprint density at radius 2 is 2.00 bits per heavy atom. The number of aliphatic hydroxyl groups is 1. The first-order valence-corrected chi connectivity index (χ1v) is 8.63. The van der Waals surface area contributed by atoms with Crippen LogP contribution in [0, 0.1) is 0 Å². The number of nitrogens with one attached hydrogen (secondary N) is 2. The van der Waals surface area contributed by atoms with Gasteiger partial charge in [0.05, 0.1) is 24.8 Å². The Kier molecular flexibility index (Phi) is 7.21. The Bertz CT molecular complexity index is 602. The zero-order valence-electron chi connectivity index (χ0n) is 13.9. The number of carbonyl (C=O) groups is 1. The van der Waals surface area contributed by atoms with Crippen LogP contribution in [0.15, 0.2) is 41.6 Å². The van der Waals surface area contributed by atoms with Gasteiger partial charge >= 0.3 is 5.97 Å². The number of hydrogen-bond donors (Lipinski definition) is 3. The van der Waals surface area contributed by atoms with Gasteiger partial charge in [0.15, 0.2) is 5.11 Å². The zero-order valence-corrected chi connectivity index (χ0v) is 14.7. The molecule has 0 fully saturated rings. The van der Waals surface area contributed by atoms with E-state index in [0.717, 1.165) is 25.7 Å². The molecule has 6 heteroatoms. The minimum absolute atomic E-state index is 0.208. The lowest BCUT2D eigenvalue weighted by Crippen LogP contribution is -2.51. The van der Waals surface area contributed by atoms with Crippen molar-refractivity contribution in [3.8, 4) is 0 Å². The normalized spacial score (nSPS) is 17.2. The van der Waals surface area contributed by atoms with Crippen LogP contribution in [0.5, 0.6) is 0 Å². The van der Waals surface area contributed by atoms with Gasteiger partial charge in [0.2, 0.25) is 0 Å². The highest BCUT2D eigenvalue weighted by atomic mass is 32.1. The topological polar surface area (TPSA) is 70.6 Å². The third-order valence-corrected chi connectivity index (χ3v) is 4.17. The molecule has 24 heavy (non-hydrogen) atoms. The molecule has 0 bridgehead atoms. The fourth-order valence-electron chi connectivity index (χ4n) is 2.69. The van der Waals surface area contributed by atoms with Crippen LogP contribution in [0.2, 0.25) is 0 Å². The van der Waals surface area contributed by atoms with E-state index in [9.17, 15) is 9.90 Å². The molecule has 3 N–H and O–H groups in total. The van der Waals surface area contributed by atoms with Crippen molar-refractivity contribution in [1.29, 1.82) is 0 Å². The SMILES string of the molecule is CC1=C(C(=O)OCCCCCc2ccccc2)C(CO)NC(=S)N1. The smallest absolute Gasteiger partial charge is 0.337 e. The monoisotopic (exact) mass is 348 g/mol. The van der Waals surface area contributed by atoms with Crippen LogP contribution in [0.1, 0.15) is 31.7 Å². The number of ether oxygens (including phenoxy) is 1. The van der Waals surface area contributed by atoms with Gasteiger partial charge in [0.1, 0.15) is 0 Å². The number of rotatable bonds is 8. The van der Waals surface area contributed by atoms with Crippen molar-refractivity contribution in [2.75, 3.05) is 13.2 Å². The van der Waals surface area contributed by atoms with Gasteiger partial charge in [-0.15, -0.1) is 0 Å². The summed E-state index contributed by atoms with van der Waals surface area (Å²) in [4.78, 5) is 12.2. The summed E-state index contributed by atoms with van der Waals surface area (Å²) in [7, 11) is 0. The lowest BCUT2D eigenvalue weighted by Gasteiger charge is -2.28. The summed E-state index contributed by atoms with van der Waals surface area (Å²) in [5.41, 5.74) is 2.37. The molecule has 1 aliphatic heterocycles. The minimum atomic E-state index is -0.510. The number of aryl methyl sites for hydroxylation is 1. The minimum Gasteiger partial charge on any atom is -0.462 e. The summed E-state index contributed by atoms with van der Waals surface area (Å²) < 4.78 is 5.34. The predicted octanol–water partition coefficient (Wildman–Crippen LogP) is 2.06. The first-order valence-electron chi connectivity index (χ1n) is 8.22. The van der Waals surface area contributed by atoms with Crippen molar-refractivity contribution in [3.63, 3.8) is 0 Å². The highest BCUT2D eigenvalue weighted by Gasteiger charge is 2.28. The summed E-state index contributed by atoms with van der Waals surface area (Å²) in [6.45, 7) is 1.93. The van der Waals surface area contributed by atoms with Crippen LogP contribution in [0.3, 0.4) is 0 Å². The van der Waals surface area contributed by atoms with E-state index in [1.54, 1.807) is 6.92 Å². The first-order chi connectivity index (χ1) is 11.6. The average Bonchev–Trinajstić information content (AvgIpc) is 2.57. The van der Waals surface area contributed by atoms with Gasteiger partial charge in [-0.05, 0) is 50.4 Å². The molecule has 1 aliphatic rings. The van der Waals surface area contributed by atoms with Crippen molar-refractivity contribution in [3.05, 3.63) is 47.2 Å². The summed E-state index contributed by atoms with van der Waals surface area (Å²) in [6, 6.07) is 9.84. The quantitative estimate of drug-likeness (QED) is 0.379. The van der Waals surface area contributed by atoms with Crippen molar-refractivity contribution >= 4 is 23.3 Å².